The van der Waals surface area contributed by atoms with E-state index in [9.17, 15) is 9.90 Å². The molecule has 104 valence electrons. The maximum Gasteiger partial charge on any atom is 0.258 e. The molecule has 3 rings (SSSR count). The molecule has 0 saturated carbocycles. The molecule has 0 spiro atoms. The van der Waals surface area contributed by atoms with Gasteiger partial charge in [-0.25, -0.2) is 0 Å². The average Bonchev–Trinajstić information content (AvgIpc) is 2.93. The fraction of sp³-hybridized carbons (Fsp3) is 0.125. The number of benzene rings is 2. The third-order valence-corrected chi connectivity index (χ3v) is 4.39. The minimum absolute atomic E-state index is 0.0727. The highest BCUT2D eigenvalue weighted by Gasteiger charge is 2.26. The number of hydrogen-bond acceptors (Lipinski definition) is 3. The Morgan fingerprint density at radius 3 is 2.86 bits per heavy atom. The Morgan fingerprint density at radius 2 is 2.10 bits per heavy atom. The molecule has 0 aromatic heterocycles. The summed E-state index contributed by atoms with van der Waals surface area (Å²) in [4.78, 5) is 14.4. The van der Waals surface area contributed by atoms with Crippen LogP contribution < -0.4 is 4.90 Å². The number of phenolic OH excluding ortho intramolecular Hbond substituents is 1. The van der Waals surface area contributed by atoms with Crippen molar-refractivity contribution in [2.45, 2.75) is 6.42 Å². The van der Waals surface area contributed by atoms with Gasteiger partial charge in [-0.1, -0.05) is 18.2 Å². The van der Waals surface area contributed by atoms with E-state index in [0.29, 0.717) is 15.7 Å². The molecule has 21 heavy (non-hydrogen) atoms. The van der Waals surface area contributed by atoms with Crippen LogP contribution in [0.2, 0.25) is 0 Å². The molecule has 0 fully saturated rings. The molecular formula is C16H11IN2O2. The highest BCUT2D eigenvalue weighted by Crippen LogP contribution is 2.31. The lowest BCUT2D eigenvalue weighted by Gasteiger charge is -2.18. The number of anilines is 1. The van der Waals surface area contributed by atoms with Gasteiger partial charge in [-0.3, -0.25) is 4.79 Å². The van der Waals surface area contributed by atoms with Crippen LogP contribution in [-0.2, 0) is 6.42 Å². The second-order valence-corrected chi connectivity index (χ2v) is 5.96. The van der Waals surface area contributed by atoms with E-state index in [1.165, 1.54) is 6.07 Å². The Labute approximate surface area is 135 Å². The van der Waals surface area contributed by atoms with Crippen LogP contribution in [0, 0.1) is 14.9 Å². The van der Waals surface area contributed by atoms with Crippen LogP contribution in [0.4, 0.5) is 5.69 Å². The number of phenols is 1. The zero-order valence-electron chi connectivity index (χ0n) is 11.0. The van der Waals surface area contributed by atoms with Gasteiger partial charge in [0.1, 0.15) is 11.8 Å². The molecule has 4 nitrogen and oxygen atoms in total. The first kappa shape index (κ1) is 13.9. The lowest BCUT2D eigenvalue weighted by atomic mass is 10.1. The highest BCUT2D eigenvalue weighted by molar-refractivity contribution is 14.1. The second kappa shape index (κ2) is 5.37. The molecule has 2 aromatic carbocycles. The third-order valence-electron chi connectivity index (χ3n) is 3.56. The number of fused-ring (bicyclic) bond motifs is 1. The number of nitriles is 1. The molecule has 0 atom stereocenters. The smallest absolute Gasteiger partial charge is 0.258 e. The standard InChI is InChI=1S/C16H11IN2O2/c17-13-8-11(7-12(9-18)15(13)20)16(21)19-6-5-10-3-1-2-4-14(10)19/h1-4,7-8,20H,5-6H2. The van der Waals surface area contributed by atoms with Crippen LogP contribution in [0.1, 0.15) is 21.5 Å². The van der Waals surface area contributed by atoms with Gasteiger partial charge in [0.2, 0.25) is 0 Å². The number of hydrogen-bond donors (Lipinski definition) is 1. The van der Waals surface area contributed by atoms with E-state index in [0.717, 1.165) is 17.7 Å². The van der Waals surface area contributed by atoms with E-state index < -0.39 is 0 Å². The van der Waals surface area contributed by atoms with Gasteiger partial charge in [0.05, 0.1) is 9.13 Å². The van der Waals surface area contributed by atoms with Gasteiger partial charge in [0.15, 0.2) is 0 Å². The van der Waals surface area contributed by atoms with E-state index in [4.69, 9.17) is 5.26 Å². The summed E-state index contributed by atoms with van der Waals surface area (Å²) in [6, 6.07) is 12.8. The normalized spacial score (nSPS) is 12.9. The van der Waals surface area contributed by atoms with Crippen LogP contribution in [0.15, 0.2) is 36.4 Å². The van der Waals surface area contributed by atoms with E-state index in [1.54, 1.807) is 11.0 Å². The lowest BCUT2D eigenvalue weighted by Crippen LogP contribution is -2.29. The molecule has 0 unspecified atom stereocenters. The Balaban J connectivity index is 2.01. The lowest BCUT2D eigenvalue weighted by molar-refractivity contribution is 0.0989. The Bertz CT molecular complexity index is 780. The molecular weight excluding hydrogens is 379 g/mol. The zero-order chi connectivity index (χ0) is 15.0. The van der Waals surface area contributed by atoms with Crippen molar-refractivity contribution < 1.29 is 9.90 Å². The number of rotatable bonds is 1. The van der Waals surface area contributed by atoms with Gasteiger partial charge >= 0.3 is 0 Å². The summed E-state index contributed by atoms with van der Waals surface area (Å²) in [5, 5.41) is 18.8. The molecule has 0 aliphatic carbocycles. The number of carbonyl (C=O) groups is 1. The topological polar surface area (TPSA) is 64.3 Å². The first-order valence-corrected chi connectivity index (χ1v) is 7.52. The largest absolute Gasteiger partial charge is 0.505 e. The van der Waals surface area contributed by atoms with Crippen LogP contribution in [0.3, 0.4) is 0 Å². The van der Waals surface area contributed by atoms with Crippen molar-refractivity contribution in [1.29, 1.82) is 5.26 Å². The third kappa shape index (κ3) is 2.36. The zero-order valence-corrected chi connectivity index (χ0v) is 13.2. The highest BCUT2D eigenvalue weighted by atomic mass is 127. The summed E-state index contributed by atoms with van der Waals surface area (Å²) < 4.78 is 0.502. The molecule has 5 heteroatoms. The summed E-state index contributed by atoms with van der Waals surface area (Å²) in [5.74, 6) is -0.217. The van der Waals surface area contributed by atoms with Crippen molar-refractivity contribution in [2.75, 3.05) is 11.4 Å². The van der Waals surface area contributed by atoms with Gasteiger partial charge in [-0.2, -0.15) is 5.26 Å². The SMILES string of the molecule is N#Cc1cc(C(=O)N2CCc3ccccc32)cc(I)c1O. The first-order chi connectivity index (χ1) is 10.1. The quantitative estimate of drug-likeness (QED) is 0.762. The van der Waals surface area contributed by atoms with E-state index >= 15 is 0 Å². The first-order valence-electron chi connectivity index (χ1n) is 6.44. The van der Waals surface area contributed by atoms with Crippen LogP contribution in [-0.4, -0.2) is 17.6 Å². The number of halogens is 1. The maximum atomic E-state index is 12.7. The molecule has 1 aliphatic rings. The van der Waals surface area contributed by atoms with E-state index in [-0.39, 0.29) is 17.2 Å². The predicted octanol–water partition coefficient (Wildman–Crippen LogP) is 3.07. The fourth-order valence-corrected chi connectivity index (χ4v) is 3.14. The number of nitrogens with zero attached hydrogens (tertiary/aromatic N) is 2. The Morgan fingerprint density at radius 1 is 1.33 bits per heavy atom. The van der Waals surface area contributed by atoms with E-state index in [1.807, 2.05) is 52.9 Å². The predicted molar refractivity (Wildman–Crippen MR) is 87.4 cm³/mol. The van der Waals surface area contributed by atoms with Crippen LogP contribution in [0.25, 0.3) is 0 Å². The van der Waals surface area contributed by atoms with E-state index in [2.05, 4.69) is 0 Å². The van der Waals surface area contributed by atoms with Crippen molar-refractivity contribution in [2.24, 2.45) is 0 Å². The molecule has 1 heterocycles. The van der Waals surface area contributed by atoms with Crippen molar-refractivity contribution in [3.63, 3.8) is 0 Å². The van der Waals surface area contributed by atoms with Crippen molar-refractivity contribution in [3.8, 4) is 11.8 Å². The minimum Gasteiger partial charge on any atom is -0.505 e. The fourth-order valence-electron chi connectivity index (χ4n) is 2.51. The average molecular weight is 390 g/mol. The van der Waals surface area contributed by atoms with Gasteiger partial charge in [0.25, 0.3) is 5.91 Å². The summed E-state index contributed by atoms with van der Waals surface area (Å²) in [6.07, 6.45) is 0.836. The Kier molecular flexibility index (Phi) is 3.55. The van der Waals surface area contributed by atoms with Crippen molar-refractivity contribution >= 4 is 34.2 Å². The summed E-state index contributed by atoms with van der Waals surface area (Å²) in [7, 11) is 0. The molecule has 0 bridgehead atoms. The number of para-hydroxylation sites is 1. The van der Waals surface area contributed by atoms with Crippen LogP contribution >= 0.6 is 22.6 Å². The van der Waals surface area contributed by atoms with Crippen molar-refractivity contribution in [3.05, 3.63) is 56.7 Å². The van der Waals surface area contributed by atoms with Gasteiger partial charge in [-0.15, -0.1) is 0 Å². The Hall–Kier alpha value is -2.07. The number of amides is 1. The van der Waals surface area contributed by atoms with Crippen molar-refractivity contribution in [1.82, 2.24) is 0 Å². The number of carbonyl (C=O) groups excluding carboxylic acids is 1. The maximum absolute atomic E-state index is 12.7. The molecule has 2 aromatic rings. The monoisotopic (exact) mass is 390 g/mol. The summed E-state index contributed by atoms with van der Waals surface area (Å²) in [6.45, 7) is 0.636. The molecule has 0 radical (unpaired) electrons. The van der Waals surface area contributed by atoms with Gasteiger partial charge in [-0.05, 0) is 52.8 Å². The summed E-state index contributed by atoms with van der Waals surface area (Å²) in [5.41, 5.74) is 2.62. The van der Waals surface area contributed by atoms with Crippen LogP contribution in [0.5, 0.6) is 5.75 Å². The van der Waals surface area contributed by atoms with Gasteiger partial charge in [0, 0.05) is 17.8 Å². The molecule has 1 aliphatic heterocycles. The van der Waals surface area contributed by atoms with Gasteiger partial charge < -0.3 is 10.0 Å². The number of aromatic hydroxyl groups is 1. The molecule has 1 amide bonds. The summed E-state index contributed by atoms with van der Waals surface area (Å²) >= 11 is 1.92. The second-order valence-electron chi connectivity index (χ2n) is 4.80. The minimum atomic E-state index is -0.144. The molecule has 1 N–H and O–H groups in total. The molecule has 0 saturated heterocycles.